The lowest BCUT2D eigenvalue weighted by Crippen LogP contribution is -2.21. The fourth-order valence-electron chi connectivity index (χ4n) is 1.67. The van der Waals surface area contributed by atoms with Crippen LogP contribution in [-0.4, -0.2) is 16.1 Å². The smallest absolute Gasteiger partial charge is 0.326 e. The zero-order valence-electron chi connectivity index (χ0n) is 10.7. The fraction of sp³-hybridized carbons (Fsp3) is 0.231. The number of nitrogens with zero attached hydrogens (tertiary/aromatic N) is 1. The van der Waals surface area contributed by atoms with E-state index in [4.69, 9.17) is 10.8 Å². The largest absolute Gasteiger partial charge is 0.480 e. The van der Waals surface area contributed by atoms with Crippen LogP contribution in [0.4, 0.5) is 9.52 Å². The summed E-state index contributed by atoms with van der Waals surface area (Å²) in [6.45, 7) is 1.87. The van der Waals surface area contributed by atoms with Crippen LogP contribution in [0.15, 0.2) is 29.6 Å². The van der Waals surface area contributed by atoms with Crippen molar-refractivity contribution in [2.45, 2.75) is 19.0 Å². The van der Waals surface area contributed by atoms with Gasteiger partial charge in [0.1, 0.15) is 11.9 Å². The molecule has 5 nitrogen and oxygen atoms in total. The first-order valence-electron chi connectivity index (χ1n) is 5.93. The van der Waals surface area contributed by atoms with E-state index in [9.17, 15) is 9.18 Å². The van der Waals surface area contributed by atoms with Crippen LogP contribution in [-0.2, 0) is 4.79 Å². The molecule has 0 aliphatic rings. The third-order valence-electron chi connectivity index (χ3n) is 2.80. The van der Waals surface area contributed by atoms with Crippen LogP contribution in [0.1, 0.15) is 30.3 Å². The highest BCUT2D eigenvalue weighted by Crippen LogP contribution is 2.24. The van der Waals surface area contributed by atoms with Crippen molar-refractivity contribution in [2.75, 3.05) is 5.32 Å². The number of aliphatic carboxylic acids is 1. The zero-order valence-corrected chi connectivity index (χ0v) is 11.5. The Labute approximate surface area is 119 Å². The molecule has 2 rings (SSSR count). The molecule has 0 aliphatic heterocycles. The van der Waals surface area contributed by atoms with Crippen LogP contribution >= 0.6 is 11.3 Å². The van der Waals surface area contributed by atoms with Gasteiger partial charge in [0.15, 0.2) is 5.13 Å². The molecular weight excluding hydrogens is 281 g/mol. The maximum atomic E-state index is 13.1. The quantitative estimate of drug-likeness (QED) is 0.789. The van der Waals surface area contributed by atoms with Gasteiger partial charge in [0, 0.05) is 5.38 Å². The van der Waals surface area contributed by atoms with Crippen LogP contribution in [0, 0.1) is 5.82 Å². The van der Waals surface area contributed by atoms with Gasteiger partial charge in [-0.05, 0) is 24.6 Å². The number of rotatable bonds is 5. The number of carboxylic acids is 1. The average Bonchev–Trinajstić information content (AvgIpc) is 2.86. The minimum absolute atomic E-state index is 0.147. The molecule has 4 N–H and O–H groups in total. The van der Waals surface area contributed by atoms with Crippen molar-refractivity contribution in [3.8, 4) is 0 Å². The molecule has 2 aromatic rings. The predicted molar refractivity (Wildman–Crippen MR) is 75.1 cm³/mol. The van der Waals surface area contributed by atoms with Crippen LogP contribution in [0.25, 0.3) is 0 Å². The average molecular weight is 295 g/mol. The van der Waals surface area contributed by atoms with Gasteiger partial charge in [0.05, 0.1) is 11.7 Å². The molecule has 7 heteroatoms. The lowest BCUT2D eigenvalue weighted by molar-refractivity contribution is -0.138. The van der Waals surface area contributed by atoms with E-state index in [2.05, 4.69) is 10.3 Å². The first-order chi connectivity index (χ1) is 9.47. The lowest BCUT2D eigenvalue weighted by Gasteiger charge is -2.13. The Balaban J connectivity index is 2.09. The number of carbonyl (C=O) groups is 1. The molecule has 0 saturated carbocycles. The fourth-order valence-corrected chi connectivity index (χ4v) is 2.50. The number of nitrogens with two attached hydrogens (primary N) is 1. The van der Waals surface area contributed by atoms with Gasteiger partial charge in [0.25, 0.3) is 0 Å². The lowest BCUT2D eigenvalue weighted by atomic mass is 10.1. The van der Waals surface area contributed by atoms with Crippen molar-refractivity contribution in [3.63, 3.8) is 0 Å². The van der Waals surface area contributed by atoms with Crippen molar-refractivity contribution in [3.05, 3.63) is 46.7 Å². The number of nitrogens with one attached hydrogen (secondary N) is 1. The summed E-state index contributed by atoms with van der Waals surface area (Å²) in [7, 11) is 0. The Morgan fingerprint density at radius 3 is 2.95 bits per heavy atom. The number of aromatic nitrogens is 1. The highest BCUT2D eigenvalue weighted by atomic mass is 32.1. The molecule has 0 radical (unpaired) electrons. The van der Waals surface area contributed by atoms with Gasteiger partial charge in [-0.1, -0.05) is 12.1 Å². The van der Waals surface area contributed by atoms with E-state index in [1.165, 1.54) is 23.5 Å². The Bertz CT molecular complexity index is 617. The molecule has 1 aromatic carbocycles. The standard InChI is InChI=1S/C13H14FN3O2S/c1-7(8-3-2-4-9(14)5-8)16-13-17-10(6-20-13)11(15)12(18)19/h2-7,11H,15H2,1H3,(H,16,17)(H,18,19). The number of hydrogen-bond donors (Lipinski definition) is 3. The molecule has 1 heterocycles. The first kappa shape index (κ1) is 14.4. The Morgan fingerprint density at radius 1 is 1.55 bits per heavy atom. The molecule has 0 aliphatic carbocycles. The third-order valence-corrected chi connectivity index (χ3v) is 3.59. The summed E-state index contributed by atoms with van der Waals surface area (Å²) in [6, 6.07) is 4.98. The maximum Gasteiger partial charge on any atom is 0.326 e. The summed E-state index contributed by atoms with van der Waals surface area (Å²) in [4.78, 5) is 14.9. The number of carboxylic acid groups (broad SMARTS) is 1. The molecule has 20 heavy (non-hydrogen) atoms. The number of halogens is 1. The van der Waals surface area contributed by atoms with Crippen LogP contribution < -0.4 is 11.1 Å². The van der Waals surface area contributed by atoms with E-state index in [1.807, 2.05) is 6.92 Å². The van der Waals surface area contributed by atoms with E-state index < -0.39 is 12.0 Å². The van der Waals surface area contributed by atoms with Crippen molar-refractivity contribution in [2.24, 2.45) is 5.73 Å². The van der Waals surface area contributed by atoms with Crippen molar-refractivity contribution in [1.82, 2.24) is 4.98 Å². The number of thiazole rings is 1. The zero-order chi connectivity index (χ0) is 14.7. The number of hydrogen-bond acceptors (Lipinski definition) is 5. The van der Waals surface area contributed by atoms with Crippen molar-refractivity contribution in [1.29, 1.82) is 0 Å². The summed E-state index contributed by atoms with van der Waals surface area (Å²) in [5.41, 5.74) is 6.56. The number of benzene rings is 1. The first-order valence-corrected chi connectivity index (χ1v) is 6.81. The molecule has 0 spiro atoms. The molecule has 0 fully saturated rings. The molecule has 0 amide bonds. The van der Waals surface area contributed by atoms with Gasteiger partial charge in [0.2, 0.25) is 0 Å². The second-order valence-corrected chi connectivity index (χ2v) is 5.17. The van der Waals surface area contributed by atoms with Crippen LogP contribution in [0.3, 0.4) is 0 Å². The van der Waals surface area contributed by atoms with E-state index in [1.54, 1.807) is 17.5 Å². The summed E-state index contributed by atoms with van der Waals surface area (Å²) in [5, 5.41) is 14.1. The molecule has 2 unspecified atom stereocenters. The number of anilines is 1. The third kappa shape index (κ3) is 3.31. The highest BCUT2D eigenvalue weighted by molar-refractivity contribution is 7.13. The van der Waals surface area contributed by atoms with E-state index in [0.29, 0.717) is 10.8 Å². The predicted octanol–water partition coefficient (Wildman–Crippen LogP) is 2.54. The summed E-state index contributed by atoms with van der Waals surface area (Å²) < 4.78 is 13.1. The topological polar surface area (TPSA) is 88.2 Å². The van der Waals surface area contributed by atoms with E-state index in [-0.39, 0.29) is 11.9 Å². The Morgan fingerprint density at radius 2 is 2.30 bits per heavy atom. The SMILES string of the molecule is CC(Nc1nc(C(N)C(=O)O)cs1)c1cccc(F)c1. The van der Waals surface area contributed by atoms with Crippen LogP contribution in [0.2, 0.25) is 0 Å². The van der Waals surface area contributed by atoms with Gasteiger partial charge in [-0.25, -0.2) is 9.37 Å². The summed E-state index contributed by atoms with van der Waals surface area (Å²) in [5.74, 6) is -1.43. The van der Waals surface area contributed by atoms with Crippen LogP contribution in [0.5, 0.6) is 0 Å². The van der Waals surface area contributed by atoms with E-state index in [0.717, 1.165) is 5.56 Å². The minimum atomic E-state index is -1.13. The molecule has 2 atom stereocenters. The monoisotopic (exact) mass is 295 g/mol. The minimum Gasteiger partial charge on any atom is -0.480 e. The summed E-state index contributed by atoms with van der Waals surface area (Å²) >= 11 is 1.26. The van der Waals surface area contributed by atoms with E-state index >= 15 is 0 Å². The van der Waals surface area contributed by atoms with Gasteiger partial charge in [-0.15, -0.1) is 11.3 Å². The Hall–Kier alpha value is -1.99. The molecular formula is C13H14FN3O2S. The van der Waals surface area contributed by atoms with Gasteiger partial charge >= 0.3 is 5.97 Å². The van der Waals surface area contributed by atoms with Gasteiger partial charge in [-0.3, -0.25) is 4.79 Å². The van der Waals surface area contributed by atoms with Crippen molar-refractivity contribution >= 4 is 22.4 Å². The maximum absolute atomic E-state index is 13.1. The molecule has 106 valence electrons. The summed E-state index contributed by atoms with van der Waals surface area (Å²) in [6.07, 6.45) is 0. The second-order valence-electron chi connectivity index (χ2n) is 4.31. The van der Waals surface area contributed by atoms with Crippen molar-refractivity contribution < 1.29 is 14.3 Å². The highest BCUT2D eigenvalue weighted by Gasteiger charge is 2.18. The molecule has 0 saturated heterocycles. The Kier molecular flexibility index (Phi) is 4.31. The molecule has 1 aromatic heterocycles. The molecule has 0 bridgehead atoms. The normalized spacial score (nSPS) is 13.8. The van der Waals surface area contributed by atoms with Gasteiger partial charge < -0.3 is 16.2 Å². The van der Waals surface area contributed by atoms with Gasteiger partial charge in [-0.2, -0.15) is 0 Å². The second kappa shape index (κ2) is 5.98.